The molecule has 1 atom stereocenters. The van der Waals surface area contributed by atoms with Crippen LogP contribution in [0.3, 0.4) is 0 Å². The predicted molar refractivity (Wildman–Crippen MR) is 89.7 cm³/mol. The lowest BCUT2D eigenvalue weighted by Crippen LogP contribution is -2.33. The zero-order chi connectivity index (χ0) is 16.8. The van der Waals surface area contributed by atoms with Crippen LogP contribution in [0.1, 0.15) is 58.3 Å². The summed E-state index contributed by atoms with van der Waals surface area (Å²) >= 11 is 0. The minimum absolute atomic E-state index is 0.127. The van der Waals surface area contributed by atoms with Crippen LogP contribution in [0.5, 0.6) is 0 Å². The van der Waals surface area contributed by atoms with Gasteiger partial charge in [-0.2, -0.15) is 0 Å². The molecule has 0 aliphatic rings. The van der Waals surface area contributed by atoms with Crippen molar-refractivity contribution in [1.82, 2.24) is 10.2 Å². The third kappa shape index (κ3) is 11.5. The minimum atomic E-state index is -0.129. The van der Waals surface area contributed by atoms with Crippen LogP contribution in [0.2, 0.25) is 0 Å². The summed E-state index contributed by atoms with van der Waals surface area (Å²) in [7, 11) is 5.49. The normalized spacial score (nSPS) is 12.2. The molecule has 0 aromatic heterocycles. The maximum atomic E-state index is 12.0. The van der Waals surface area contributed by atoms with Gasteiger partial charge in [0.2, 0.25) is 5.91 Å². The van der Waals surface area contributed by atoms with Crippen molar-refractivity contribution in [2.24, 2.45) is 5.92 Å². The van der Waals surface area contributed by atoms with Crippen molar-refractivity contribution < 1.29 is 14.3 Å². The Morgan fingerprint density at radius 1 is 1.09 bits per heavy atom. The topological polar surface area (TPSA) is 58.6 Å². The molecule has 1 unspecified atom stereocenters. The van der Waals surface area contributed by atoms with Crippen LogP contribution in [0.25, 0.3) is 0 Å². The third-order valence-electron chi connectivity index (χ3n) is 3.87. The van der Waals surface area contributed by atoms with E-state index in [2.05, 4.69) is 21.9 Å². The highest BCUT2D eigenvalue weighted by Crippen LogP contribution is 2.09. The van der Waals surface area contributed by atoms with E-state index in [1.165, 1.54) is 7.11 Å². The Kier molecular flexibility index (Phi) is 12.9. The number of rotatable bonds is 13. The number of carbonyl (C=O) groups excluding carboxylic acids is 2. The fourth-order valence-corrected chi connectivity index (χ4v) is 2.32. The van der Waals surface area contributed by atoms with Gasteiger partial charge in [-0.25, -0.2) is 0 Å². The summed E-state index contributed by atoms with van der Waals surface area (Å²) in [5.74, 6) is 0.188. The molecule has 1 N–H and O–H groups in total. The molecule has 0 rings (SSSR count). The van der Waals surface area contributed by atoms with Gasteiger partial charge in [0.15, 0.2) is 0 Å². The second-order valence-corrected chi connectivity index (χ2v) is 6.08. The van der Waals surface area contributed by atoms with Crippen molar-refractivity contribution >= 4 is 11.9 Å². The first-order valence-corrected chi connectivity index (χ1v) is 8.50. The molecule has 0 radical (unpaired) electrons. The second kappa shape index (κ2) is 13.6. The van der Waals surface area contributed by atoms with Crippen molar-refractivity contribution in [3.8, 4) is 0 Å². The molecular weight excluding hydrogens is 280 g/mol. The number of hydrogen-bond donors (Lipinski definition) is 1. The number of nitrogens with one attached hydrogen (secondary N) is 1. The lowest BCUT2D eigenvalue weighted by molar-refractivity contribution is -0.140. The fraction of sp³-hybridized carbons (Fsp3) is 0.882. The smallest absolute Gasteiger partial charge is 0.305 e. The van der Waals surface area contributed by atoms with Crippen molar-refractivity contribution in [2.75, 3.05) is 34.3 Å². The van der Waals surface area contributed by atoms with Gasteiger partial charge in [-0.15, -0.1) is 0 Å². The highest BCUT2D eigenvalue weighted by Gasteiger charge is 2.15. The van der Waals surface area contributed by atoms with Crippen LogP contribution < -0.4 is 5.32 Å². The molecule has 0 fully saturated rings. The molecule has 0 aliphatic carbocycles. The van der Waals surface area contributed by atoms with Crippen molar-refractivity contribution in [1.29, 1.82) is 0 Å². The lowest BCUT2D eigenvalue weighted by atomic mass is 10.0. The average molecular weight is 314 g/mol. The van der Waals surface area contributed by atoms with E-state index in [9.17, 15) is 9.59 Å². The van der Waals surface area contributed by atoms with Gasteiger partial charge in [-0.05, 0) is 46.3 Å². The second-order valence-electron chi connectivity index (χ2n) is 6.08. The summed E-state index contributed by atoms with van der Waals surface area (Å²) in [6.07, 6.45) is 7.47. The number of ether oxygens (including phenoxy) is 1. The molecule has 0 bridgehead atoms. The van der Waals surface area contributed by atoms with E-state index < -0.39 is 0 Å². The zero-order valence-electron chi connectivity index (χ0n) is 14.8. The number of carbonyl (C=O) groups is 2. The van der Waals surface area contributed by atoms with Gasteiger partial charge in [0, 0.05) is 18.9 Å². The van der Waals surface area contributed by atoms with E-state index in [0.29, 0.717) is 6.42 Å². The SMILES string of the molecule is CCC(CCN(C)C)C(=O)NCCCCCCCC(=O)OC. The Morgan fingerprint density at radius 3 is 2.32 bits per heavy atom. The summed E-state index contributed by atoms with van der Waals surface area (Å²) in [6.45, 7) is 3.78. The summed E-state index contributed by atoms with van der Waals surface area (Å²) in [4.78, 5) is 25.1. The lowest BCUT2D eigenvalue weighted by Gasteiger charge is -2.17. The van der Waals surface area contributed by atoms with E-state index >= 15 is 0 Å². The van der Waals surface area contributed by atoms with E-state index in [4.69, 9.17) is 0 Å². The molecule has 5 nitrogen and oxygen atoms in total. The quantitative estimate of drug-likeness (QED) is 0.419. The Bertz CT molecular complexity index is 306. The van der Waals surface area contributed by atoms with Gasteiger partial charge in [0.25, 0.3) is 0 Å². The number of esters is 1. The number of nitrogens with zero attached hydrogens (tertiary/aromatic N) is 1. The number of methoxy groups -OCH3 is 1. The molecule has 0 heterocycles. The van der Waals surface area contributed by atoms with Gasteiger partial charge in [0.05, 0.1) is 7.11 Å². The fourth-order valence-electron chi connectivity index (χ4n) is 2.32. The third-order valence-corrected chi connectivity index (χ3v) is 3.87. The molecule has 22 heavy (non-hydrogen) atoms. The molecular formula is C17H34N2O3. The minimum Gasteiger partial charge on any atom is -0.469 e. The van der Waals surface area contributed by atoms with Crippen molar-refractivity contribution in [3.05, 3.63) is 0 Å². The highest BCUT2D eigenvalue weighted by atomic mass is 16.5. The first kappa shape index (κ1) is 20.9. The van der Waals surface area contributed by atoms with E-state index in [0.717, 1.165) is 58.0 Å². The first-order chi connectivity index (χ1) is 10.5. The average Bonchev–Trinajstić information content (AvgIpc) is 2.49. The number of hydrogen-bond acceptors (Lipinski definition) is 4. The van der Waals surface area contributed by atoms with Gasteiger partial charge >= 0.3 is 5.97 Å². The summed E-state index contributed by atoms with van der Waals surface area (Å²) in [5.41, 5.74) is 0. The maximum absolute atomic E-state index is 12.0. The molecule has 0 spiro atoms. The Balaban J connectivity index is 3.56. The Hall–Kier alpha value is -1.10. The summed E-state index contributed by atoms with van der Waals surface area (Å²) in [5, 5.41) is 3.04. The summed E-state index contributed by atoms with van der Waals surface area (Å²) in [6, 6.07) is 0. The monoisotopic (exact) mass is 314 g/mol. The van der Waals surface area contributed by atoms with Crippen LogP contribution in [0.4, 0.5) is 0 Å². The molecule has 0 aliphatic heterocycles. The largest absolute Gasteiger partial charge is 0.469 e. The van der Waals surface area contributed by atoms with Crippen molar-refractivity contribution in [2.45, 2.75) is 58.3 Å². The number of unbranched alkanes of at least 4 members (excludes halogenated alkanes) is 4. The molecule has 5 heteroatoms. The molecule has 1 amide bonds. The Labute approximate surface area is 135 Å². The van der Waals surface area contributed by atoms with Crippen LogP contribution in [0.15, 0.2) is 0 Å². The van der Waals surface area contributed by atoms with E-state index in [1.54, 1.807) is 0 Å². The molecule has 130 valence electrons. The van der Waals surface area contributed by atoms with Crippen LogP contribution in [0, 0.1) is 5.92 Å². The molecule has 0 saturated carbocycles. The predicted octanol–water partition coefficient (Wildman–Crippen LogP) is 2.59. The van der Waals surface area contributed by atoms with Gasteiger partial charge in [0.1, 0.15) is 0 Å². The van der Waals surface area contributed by atoms with Gasteiger partial charge in [-0.1, -0.05) is 26.2 Å². The van der Waals surface area contributed by atoms with E-state index in [-0.39, 0.29) is 17.8 Å². The van der Waals surface area contributed by atoms with Gasteiger partial charge < -0.3 is 15.0 Å². The zero-order valence-corrected chi connectivity index (χ0v) is 14.8. The Morgan fingerprint density at radius 2 is 1.73 bits per heavy atom. The standard InChI is InChI=1S/C17H34N2O3/c1-5-15(12-14-19(2)3)17(21)18-13-10-8-6-7-9-11-16(20)22-4/h15H,5-14H2,1-4H3,(H,18,21). The molecule has 0 aromatic carbocycles. The van der Waals surface area contributed by atoms with E-state index in [1.807, 2.05) is 14.1 Å². The first-order valence-electron chi connectivity index (χ1n) is 8.50. The maximum Gasteiger partial charge on any atom is 0.305 e. The van der Waals surface area contributed by atoms with Crippen molar-refractivity contribution in [3.63, 3.8) is 0 Å². The van der Waals surface area contributed by atoms with Gasteiger partial charge in [-0.3, -0.25) is 9.59 Å². The van der Waals surface area contributed by atoms with Crippen LogP contribution >= 0.6 is 0 Å². The summed E-state index contributed by atoms with van der Waals surface area (Å²) < 4.78 is 4.60. The highest BCUT2D eigenvalue weighted by molar-refractivity contribution is 5.78. The van der Waals surface area contributed by atoms with Crippen LogP contribution in [-0.2, 0) is 14.3 Å². The number of amides is 1. The molecule has 0 aromatic rings. The molecule has 0 saturated heterocycles. The van der Waals surface area contributed by atoms with Crippen LogP contribution in [-0.4, -0.2) is 51.1 Å².